The number of fused-ring (bicyclic) bond motifs is 1. The first-order valence-corrected chi connectivity index (χ1v) is 7.53. The average Bonchev–Trinajstić information content (AvgIpc) is 2.82. The molecule has 0 aliphatic carbocycles. The lowest BCUT2D eigenvalue weighted by Gasteiger charge is -2.32. The van der Waals surface area contributed by atoms with Crippen LogP contribution >= 0.6 is 0 Å². The van der Waals surface area contributed by atoms with E-state index in [0.717, 1.165) is 28.1 Å². The van der Waals surface area contributed by atoms with Crippen LogP contribution in [0.4, 0.5) is 0 Å². The minimum Gasteiger partial charge on any atom is -0.497 e. The largest absolute Gasteiger partial charge is 0.498 e. The van der Waals surface area contributed by atoms with Crippen LogP contribution in [0.3, 0.4) is 0 Å². The molecule has 6 heteroatoms. The summed E-state index contributed by atoms with van der Waals surface area (Å²) in [6.07, 6.45) is 0. The highest BCUT2D eigenvalue weighted by molar-refractivity contribution is 6.63. The van der Waals surface area contributed by atoms with Gasteiger partial charge < -0.3 is 18.6 Å². The molecule has 1 saturated heterocycles. The van der Waals surface area contributed by atoms with Gasteiger partial charge in [0.2, 0.25) is 0 Å². The van der Waals surface area contributed by atoms with Gasteiger partial charge in [0.05, 0.1) is 29.3 Å². The zero-order valence-corrected chi connectivity index (χ0v) is 14.4. The van der Waals surface area contributed by atoms with E-state index in [1.54, 1.807) is 7.11 Å². The molecule has 1 aromatic heterocycles. The average molecular weight is 302 g/mol. The second-order valence-electron chi connectivity index (χ2n) is 6.89. The summed E-state index contributed by atoms with van der Waals surface area (Å²) >= 11 is 0. The summed E-state index contributed by atoms with van der Waals surface area (Å²) in [5.41, 5.74) is 2.09. The predicted molar refractivity (Wildman–Crippen MR) is 87.7 cm³/mol. The number of aryl methyl sites for hydroxylation is 2. The molecule has 0 amide bonds. The Morgan fingerprint density at radius 3 is 2.27 bits per heavy atom. The van der Waals surface area contributed by atoms with Crippen molar-refractivity contribution in [2.45, 2.75) is 45.8 Å². The second-order valence-corrected chi connectivity index (χ2v) is 6.89. The Morgan fingerprint density at radius 2 is 1.73 bits per heavy atom. The Kier molecular flexibility index (Phi) is 3.31. The summed E-state index contributed by atoms with van der Waals surface area (Å²) < 4.78 is 19.9. The zero-order chi connectivity index (χ0) is 16.3. The molecule has 0 unspecified atom stereocenters. The van der Waals surface area contributed by atoms with Crippen LogP contribution in [0.25, 0.3) is 11.0 Å². The first kappa shape index (κ1) is 15.4. The van der Waals surface area contributed by atoms with Gasteiger partial charge in [-0.1, -0.05) is 0 Å². The summed E-state index contributed by atoms with van der Waals surface area (Å²) in [6.45, 7) is 10.2. The zero-order valence-electron chi connectivity index (χ0n) is 14.4. The van der Waals surface area contributed by atoms with Crippen molar-refractivity contribution < 1.29 is 14.0 Å². The molecule has 0 spiro atoms. The third-order valence-corrected chi connectivity index (χ3v) is 4.96. The van der Waals surface area contributed by atoms with Gasteiger partial charge in [0.1, 0.15) is 11.6 Å². The van der Waals surface area contributed by atoms with Gasteiger partial charge in [0.25, 0.3) is 0 Å². The highest BCUT2D eigenvalue weighted by atomic mass is 16.7. The molecule has 1 aromatic carbocycles. The molecule has 0 saturated carbocycles. The standard InChI is InChI=1S/C16H23BN2O3/c1-10-18-12-8-11(14(20-7)9-13(12)19(10)6)17-21-15(2,3)16(4,5)22-17/h8-9H,1-7H3. The van der Waals surface area contributed by atoms with Crippen LogP contribution in [0.5, 0.6) is 5.75 Å². The number of nitrogens with zero attached hydrogens (tertiary/aromatic N) is 2. The molecule has 3 rings (SSSR count). The number of ether oxygens (including phenoxy) is 1. The lowest BCUT2D eigenvalue weighted by Crippen LogP contribution is -2.41. The van der Waals surface area contributed by atoms with E-state index < -0.39 is 7.12 Å². The van der Waals surface area contributed by atoms with Gasteiger partial charge in [-0.15, -0.1) is 0 Å². The van der Waals surface area contributed by atoms with Crippen molar-refractivity contribution in [1.82, 2.24) is 9.55 Å². The number of hydrogen-bond donors (Lipinski definition) is 0. The van der Waals surface area contributed by atoms with Crippen LogP contribution in [-0.4, -0.2) is 35.0 Å². The van der Waals surface area contributed by atoms with Crippen LogP contribution in [0.2, 0.25) is 0 Å². The third-order valence-electron chi connectivity index (χ3n) is 4.96. The molecule has 1 aliphatic heterocycles. The minimum atomic E-state index is -0.452. The summed E-state index contributed by atoms with van der Waals surface area (Å²) in [5.74, 6) is 1.72. The summed E-state index contributed by atoms with van der Waals surface area (Å²) in [7, 11) is 3.21. The van der Waals surface area contributed by atoms with E-state index in [9.17, 15) is 0 Å². The topological polar surface area (TPSA) is 45.5 Å². The van der Waals surface area contributed by atoms with E-state index in [2.05, 4.69) is 4.98 Å². The number of imidazole rings is 1. The summed E-state index contributed by atoms with van der Waals surface area (Å²) in [5, 5.41) is 0. The highest BCUT2D eigenvalue weighted by Gasteiger charge is 2.52. The molecule has 0 radical (unpaired) electrons. The van der Waals surface area contributed by atoms with Crippen molar-refractivity contribution in [3.63, 3.8) is 0 Å². The predicted octanol–water partition coefficient (Wildman–Crippen LogP) is 2.19. The molecule has 0 N–H and O–H groups in total. The highest BCUT2D eigenvalue weighted by Crippen LogP contribution is 2.37. The fourth-order valence-electron chi connectivity index (χ4n) is 2.69. The molecule has 22 heavy (non-hydrogen) atoms. The van der Waals surface area contributed by atoms with Crippen LogP contribution < -0.4 is 10.2 Å². The van der Waals surface area contributed by atoms with Crippen LogP contribution in [0.1, 0.15) is 33.5 Å². The van der Waals surface area contributed by atoms with Crippen molar-refractivity contribution in [3.8, 4) is 5.75 Å². The Morgan fingerprint density at radius 1 is 1.14 bits per heavy atom. The maximum Gasteiger partial charge on any atom is 0.498 e. The fraction of sp³-hybridized carbons (Fsp3) is 0.562. The van der Waals surface area contributed by atoms with Gasteiger partial charge in [-0.25, -0.2) is 4.98 Å². The molecule has 5 nitrogen and oxygen atoms in total. The second kappa shape index (κ2) is 4.73. The quantitative estimate of drug-likeness (QED) is 0.798. The Hall–Kier alpha value is -1.53. The Balaban J connectivity index is 2.11. The summed E-state index contributed by atoms with van der Waals surface area (Å²) in [6, 6.07) is 4.00. The van der Waals surface area contributed by atoms with Crippen LogP contribution in [0.15, 0.2) is 12.1 Å². The normalized spacial score (nSPS) is 19.9. The van der Waals surface area contributed by atoms with Gasteiger partial charge >= 0.3 is 7.12 Å². The molecule has 118 valence electrons. The number of hydrogen-bond acceptors (Lipinski definition) is 4. The molecule has 1 aliphatic rings. The van der Waals surface area contributed by atoms with Gasteiger partial charge in [0, 0.05) is 18.6 Å². The van der Waals surface area contributed by atoms with Gasteiger partial charge in [-0.2, -0.15) is 0 Å². The van der Waals surface area contributed by atoms with Crippen LogP contribution in [0, 0.1) is 6.92 Å². The van der Waals surface area contributed by atoms with E-state index >= 15 is 0 Å². The molecular formula is C16H23BN2O3. The first-order chi connectivity index (χ1) is 10.2. The van der Waals surface area contributed by atoms with Crippen molar-refractivity contribution >= 4 is 23.6 Å². The van der Waals surface area contributed by atoms with E-state index in [4.69, 9.17) is 14.0 Å². The molecule has 0 atom stereocenters. The number of aromatic nitrogens is 2. The lowest BCUT2D eigenvalue weighted by atomic mass is 9.78. The van der Waals surface area contributed by atoms with Crippen molar-refractivity contribution in [2.75, 3.05) is 7.11 Å². The molecule has 2 aromatic rings. The monoisotopic (exact) mass is 302 g/mol. The Bertz CT molecular complexity index is 721. The minimum absolute atomic E-state index is 0.377. The lowest BCUT2D eigenvalue weighted by molar-refractivity contribution is 0.00578. The number of rotatable bonds is 2. The van der Waals surface area contributed by atoms with Crippen molar-refractivity contribution in [1.29, 1.82) is 0 Å². The number of methoxy groups -OCH3 is 1. The smallest absolute Gasteiger partial charge is 0.497 e. The SMILES string of the molecule is COc1cc2c(cc1B1OC(C)(C)C(C)(C)O1)nc(C)n2C. The fourth-order valence-corrected chi connectivity index (χ4v) is 2.69. The molecular weight excluding hydrogens is 279 g/mol. The summed E-state index contributed by atoms with van der Waals surface area (Å²) in [4.78, 5) is 4.59. The van der Waals surface area contributed by atoms with E-state index in [0.29, 0.717) is 0 Å². The van der Waals surface area contributed by atoms with Crippen LogP contribution in [-0.2, 0) is 16.4 Å². The first-order valence-electron chi connectivity index (χ1n) is 7.53. The third kappa shape index (κ3) is 2.13. The molecule has 0 bridgehead atoms. The van der Waals surface area contributed by atoms with Gasteiger partial charge in [-0.05, 0) is 40.7 Å². The van der Waals surface area contributed by atoms with Gasteiger partial charge in [-0.3, -0.25) is 0 Å². The van der Waals surface area contributed by atoms with Gasteiger partial charge in [0.15, 0.2) is 0 Å². The maximum absolute atomic E-state index is 6.14. The Labute approximate surface area is 131 Å². The molecule has 1 fully saturated rings. The number of benzene rings is 1. The maximum atomic E-state index is 6.14. The van der Waals surface area contributed by atoms with Crippen molar-refractivity contribution in [2.24, 2.45) is 7.05 Å². The van der Waals surface area contributed by atoms with E-state index in [-0.39, 0.29) is 11.2 Å². The molecule has 2 heterocycles. The van der Waals surface area contributed by atoms with E-state index in [1.165, 1.54) is 0 Å². The van der Waals surface area contributed by atoms with Crippen molar-refractivity contribution in [3.05, 3.63) is 18.0 Å². The van der Waals surface area contributed by atoms with E-state index in [1.807, 2.05) is 58.4 Å².